The molecule has 174 valence electrons. The number of imide groups is 1. The number of benzene rings is 2. The Morgan fingerprint density at radius 2 is 1.73 bits per heavy atom. The SMILES string of the molecule is Cc1cccc(N2C(=O)C[C@H](N3CCN(c4ccc(C(F)(F)F)cc4[N+](=O)[O-])CC3)C2=O)c1. The van der Waals surface area contributed by atoms with Crippen LogP contribution in [0.25, 0.3) is 0 Å². The minimum atomic E-state index is -4.68. The number of halogens is 3. The number of rotatable bonds is 4. The smallest absolute Gasteiger partial charge is 0.363 e. The minimum Gasteiger partial charge on any atom is -0.363 e. The van der Waals surface area contributed by atoms with Gasteiger partial charge in [0.05, 0.1) is 28.6 Å². The first-order valence-electron chi connectivity index (χ1n) is 10.3. The van der Waals surface area contributed by atoms with E-state index in [9.17, 15) is 32.9 Å². The van der Waals surface area contributed by atoms with Crippen LogP contribution in [0.2, 0.25) is 0 Å². The van der Waals surface area contributed by atoms with Crippen molar-refractivity contribution in [1.29, 1.82) is 0 Å². The second-order valence-electron chi connectivity index (χ2n) is 8.11. The Kier molecular flexibility index (Phi) is 5.83. The van der Waals surface area contributed by atoms with Crippen LogP contribution >= 0.6 is 0 Å². The summed E-state index contributed by atoms with van der Waals surface area (Å²) in [4.78, 5) is 40.8. The first-order valence-corrected chi connectivity index (χ1v) is 10.3. The van der Waals surface area contributed by atoms with Gasteiger partial charge in [-0.1, -0.05) is 12.1 Å². The fraction of sp³-hybridized carbons (Fsp3) is 0.364. The number of nitro benzene ring substituents is 1. The van der Waals surface area contributed by atoms with Gasteiger partial charge in [-0.25, -0.2) is 4.90 Å². The number of anilines is 2. The third-order valence-electron chi connectivity index (χ3n) is 5.98. The van der Waals surface area contributed by atoms with Crippen molar-refractivity contribution in [2.24, 2.45) is 0 Å². The number of nitro groups is 1. The van der Waals surface area contributed by atoms with Gasteiger partial charge in [0.2, 0.25) is 5.91 Å². The lowest BCUT2D eigenvalue weighted by Gasteiger charge is -2.37. The molecule has 2 aliphatic heterocycles. The maximum atomic E-state index is 13.0. The predicted octanol–water partition coefficient (Wildman–Crippen LogP) is 3.38. The molecule has 8 nitrogen and oxygen atoms in total. The zero-order valence-corrected chi connectivity index (χ0v) is 17.7. The summed E-state index contributed by atoms with van der Waals surface area (Å²) in [5.41, 5.74) is -0.156. The molecule has 2 aliphatic rings. The molecule has 0 spiro atoms. The van der Waals surface area contributed by atoms with E-state index in [4.69, 9.17) is 0 Å². The van der Waals surface area contributed by atoms with Crippen molar-refractivity contribution in [3.05, 3.63) is 63.7 Å². The molecule has 11 heteroatoms. The number of aryl methyl sites for hydroxylation is 1. The number of alkyl halides is 3. The Labute approximate surface area is 187 Å². The number of nitrogens with zero attached hydrogens (tertiary/aromatic N) is 4. The first-order chi connectivity index (χ1) is 15.6. The van der Waals surface area contributed by atoms with E-state index in [-0.39, 0.29) is 37.0 Å². The molecule has 0 radical (unpaired) electrons. The van der Waals surface area contributed by atoms with E-state index in [2.05, 4.69) is 0 Å². The standard InChI is InChI=1S/C22H21F3N4O4/c1-14-3-2-4-16(11-14)28-20(30)13-19(21(28)31)27-9-7-26(8-10-27)17-6-5-15(22(23,24)25)12-18(17)29(32)33/h2-6,11-12,19H,7-10,13H2,1H3/t19-/m0/s1. The van der Waals surface area contributed by atoms with Crippen molar-refractivity contribution in [2.75, 3.05) is 36.0 Å². The van der Waals surface area contributed by atoms with Crippen molar-refractivity contribution in [2.45, 2.75) is 25.6 Å². The van der Waals surface area contributed by atoms with Crippen LogP contribution < -0.4 is 9.80 Å². The molecule has 0 bridgehead atoms. The quantitative estimate of drug-likeness (QED) is 0.393. The summed E-state index contributed by atoms with van der Waals surface area (Å²) in [6, 6.07) is 8.95. The Morgan fingerprint density at radius 1 is 1.03 bits per heavy atom. The largest absolute Gasteiger partial charge is 0.416 e. The van der Waals surface area contributed by atoms with Crippen LogP contribution in [0.3, 0.4) is 0 Å². The van der Waals surface area contributed by atoms with E-state index in [1.807, 2.05) is 17.9 Å². The van der Waals surface area contributed by atoms with Crippen molar-refractivity contribution in [3.8, 4) is 0 Å². The lowest BCUT2D eigenvalue weighted by Crippen LogP contribution is -2.52. The van der Waals surface area contributed by atoms with Gasteiger partial charge in [-0.2, -0.15) is 13.2 Å². The highest BCUT2D eigenvalue weighted by atomic mass is 19.4. The summed E-state index contributed by atoms with van der Waals surface area (Å²) >= 11 is 0. The molecule has 2 amide bonds. The van der Waals surface area contributed by atoms with Gasteiger partial charge < -0.3 is 4.90 Å². The summed E-state index contributed by atoms with van der Waals surface area (Å²) < 4.78 is 38.9. The van der Waals surface area contributed by atoms with Gasteiger partial charge in [0.1, 0.15) is 5.69 Å². The van der Waals surface area contributed by atoms with Crippen LogP contribution in [0, 0.1) is 17.0 Å². The fourth-order valence-electron chi connectivity index (χ4n) is 4.33. The topological polar surface area (TPSA) is 87.0 Å². The van der Waals surface area contributed by atoms with Gasteiger partial charge in [-0.3, -0.25) is 24.6 Å². The number of hydrogen-bond donors (Lipinski definition) is 0. The van der Waals surface area contributed by atoms with Gasteiger partial charge in [-0.05, 0) is 36.8 Å². The fourth-order valence-corrected chi connectivity index (χ4v) is 4.33. The van der Waals surface area contributed by atoms with Crippen LogP contribution in [-0.2, 0) is 15.8 Å². The minimum absolute atomic E-state index is 0.0349. The first kappa shape index (κ1) is 22.7. The summed E-state index contributed by atoms with van der Waals surface area (Å²) in [5.74, 6) is -0.615. The average Bonchev–Trinajstić information content (AvgIpc) is 3.06. The van der Waals surface area contributed by atoms with Crippen LogP contribution in [0.1, 0.15) is 17.5 Å². The van der Waals surface area contributed by atoms with Crippen molar-refractivity contribution in [1.82, 2.24) is 4.90 Å². The van der Waals surface area contributed by atoms with Gasteiger partial charge in [0.15, 0.2) is 0 Å². The molecule has 0 saturated carbocycles. The van der Waals surface area contributed by atoms with E-state index in [1.165, 1.54) is 4.90 Å². The number of carbonyl (C=O) groups is 2. The number of hydrogen-bond acceptors (Lipinski definition) is 6. The van der Waals surface area contributed by atoms with Crippen LogP contribution in [0.5, 0.6) is 0 Å². The molecule has 2 aromatic carbocycles. The van der Waals surface area contributed by atoms with E-state index >= 15 is 0 Å². The number of piperazine rings is 1. The third-order valence-corrected chi connectivity index (χ3v) is 5.98. The zero-order valence-electron chi connectivity index (χ0n) is 17.7. The van der Waals surface area contributed by atoms with Gasteiger partial charge in [0.25, 0.3) is 11.6 Å². The third kappa shape index (κ3) is 4.40. The van der Waals surface area contributed by atoms with E-state index in [1.54, 1.807) is 23.1 Å². The Balaban J connectivity index is 1.48. The Morgan fingerprint density at radius 3 is 2.33 bits per heavy atom. The van der Waals surface area contributed by atoms with E-state index < -0.39 is 28.4 Å². The summed E-state index contributed by atoms with van der Waals surface area (Å²) in [6.07, 6.45) is -4.65. The van der Waals surface area contributed by atoms with Gasteiger partial charge >= 0.3 is 6.18 Å². The average molecular weight is 462 g/mol. The molecule has 2 heterocycles. The van der Waals surface area contributed by atoms with E-state index in [0.717, 1.165) is 17.7 Å². The number of carbonyl (C=O) groups excluding carboxylic acids is 2. The molecule has 1 atom stereocenters. The summed E-state index contributed by atoms with van der Waals surface area (Å²) in [6.45, 7) is 3.09. The molecular formula is C22H21F3N4O4. The normalized spacial score (nSPS) is 19.9. The second kappa shape index (κ2) is 8.47. The Hall–Kier alpha value is -3.47. The summed E-state index contributed by atoms with van der Waals surface area (Å²) in [5, 5.41) is 11.4. The molecule has 0 aromatic heterocycles. The Bertz CT molecular complexity index is 1110. The molecule has 4 rings (SSSR count). The van der Waals surface area contributed by atoms with Crippen LogP contribution in [0.4, 0.5) is 30.2 Å². The van der Waals surface area contributed by atoms with Crippen molar-refractivity contribution >= 4 is 28.9 Å². The maximum absolute atomic E-state index is 13.0. The van der Waals surface area contributed by atoms with Crippen molar-refractivity contribution < 1.29 is 27.7 Å². The molecule has 2 aromatic rings. The maximum Gasteiger partial charge on any atom is 0.416 e. The molecule has 2 fully saturated rings. The highest BCUT2D eigenvalue weighted by Gasteiger charge is 2.43. The van der Waals surface area contributed by atoms with E-state index in [0.29, 0.717) is 24.8 Å². The molecule has 0 unspecified atom stereocenters. The van der Waals surface area contributed by atoms with Crippen LogP contribution in [0.15, 0.2) is 42.5 Å². The van der Waals surface area contributed by atoms with Gasteiger partial charge in [0, 0.05) is 32.2 Å². The lowest BCUT2D eigenvalue weighted by atomic mass is 10.1. The summed E-state index contributed by atoms with van der Waals surface area (Å²) in [7, 11) is 0. The lowest BCUT2D eigenvalue weighted by molar-refractivity contribution is -0.384. The predicted molar refractivity (Wildman–Crippen MR) is 114 cm³/mol. The number of amides is 2. The van der Waals surface area contributed by atoms with Gasteiger partial charge in [-0.15, -0.1) is 0 Å². The highest BCUT2D eigenvalue weighted by molar-refractivity contribution is 6.22. The van der Waals surface area contributed by atoms with Crippen molar-refractivity contribution in [3.63, 3.8) is 0 Å². The monoisotopic (exact) mass is 462 g/mol. The molecular weight excluding hydrogens is 441 g/mol. The molecule has 0 aliphatic carbocycles. The second-order valence-corrected chi connectivity index (χ2v) is 8.11. The molecule has 2 saturated heterocycles. The zero-order chi connectivity index (χ0) is 23.9. The highest BCUT2D eigenvalue weighted by Crippen LogP contribution is 2.37. The van der Waals surface area contributed by atoms with Crippen LogP contribution in [-0.4, -0.2) is 53.9 Å². The molecule has 33 heavy (non-hydrogen) atoms. The molecule has 0 N–H and O–H groups in total.